The van der Waals surface area contributed by atoms with Crippen LogP contribution >= 0.6 is 0 Å². The molecule has 0 bridgehead atoms. The normalized spacial score (nSPS) is 10.4. The van der Waals surface area contributed by atoms with Gasteiger partial charge in [0.2, 0.25) is 11.8 Å². The van der Waals surface area contributed by atoms with Crippen LogP contribution in [-0.2, 0) is 20.7 Å². The van der Waals surface area contributed by atoms with E-state index in [1.54, 1.807) is 36.4 Å². The number of amides is 2. The summed E-state index contributed by atoms with van der Waals surface area (Å²) in [7, 11) is 3.44. The van der Waals surface area contributed by atoms with E-state index in [9.17, 15) is 9.59 Å². The third-order valence-corrected chi connectivity index (χ3v) is 3.73. The molecule has 1 heterocycles. The molecule has 23 heavy (non-hydrogen) atoms. The van der Waals surface area contributed by atoms with Crippen molar-refractivity contribution in [2.75, 3.05) is 40.4 Å². The van der Waals surface area contributed by atoms with Gasteiger partial charge in [0, 0.05) is 66.1 Å². The number of nitrogens with zero attached hydrogens (tertiary/aromatic N) is 3. The number of pyridine rings is 1. The molecule has 1 rings (SSSR count). The molecule has 0 spiro atoms. The summed E-state index contributed by atoms with van der Waals surface area (Å²) >= 11 is 0. The average molecular weight is 321 g/mol. The molecule has 0 fully saturated rings. The predicted molar refractivity (Wildman–Crippen MR) is 88.9 cm³/mol. The number of aromatic nitrogens is 1. The minimum Gasteiger partial charge on any atom is -0.385 e. The van der Waals surface area contributed by atoms with Gasteiger partial charge in [-0.25, -0.2) is 0 Å². The standard InChI is InChI=1S/C17H27N3O3/c1-15(21)20(11-4-14-23-3)13-8-17(22)19(2)12-7-16-5-9-18-10-6-16/h5-6,9-10H,4,7-8,11-14H2,1-3H3. The highest BCUT2D eigenvalue weighted by atomic mass is 16.5. The van der Waals surface area contributed by atoms with Gasteiger partial charge in [-0.1, -0.05) is 0 Å². The van der Waals surface area contributed by atoms with Crippen molar-refractivity contribution in [1.82, 2.24) is 14.8 Å². The van der Waals surface area contributed by atoms with Gasteiger partial charge in [0.05, 0.1) is 0 Å². The first kappa shape index (κ1) is 19.1. The molecule has 0 aromatic carbocycles. The lowest BCUT2D eigenvalue weighted by atomic mass is 10.2. The van der Waals surface area contributed by atoms with Crippen molar-refractivity contribution in [3.63, 3.8) is 0 Å². The van der Waals surface area contributed by atoms with Crippen LogP contribution in [0.15, 0.2) is 24.5 Å². The highest BCUT2D eigenvalue weighted by Gasteiger charge is 2.13. The Balaban J connectivity index is 2.33. The van der Waals surface area contributed by atoms with Gasteiger partial charge in [-0.15, -0.1) is 0 Å². The number of methoxy groups -OCH3 is 1. The Morgan fingerprint density at radius 2 is 1.87 bits per heavy atom. The van der Waals surface area contributed by atoms with E-state index in [1.807, 2.05) is 12.1 Å². The van der Waals surface area contributed by atoms with Crippen molar-refractivity contribution in [3.05, 3.63) is 30.1 Å². The molecule has 0 N–H and O–H groups in total. The lowest BCUT2D eigenvalue weighted by Gasteiger charge is -2.23. The Morgan fingerprint density at radius 3 is 2.48 bits per heavy atom. The van der Waals surface area contributed by atoms with E-state index in [-0.39, 0.29) is 11.8 Å². The van der Waals surface area contributed by atoms with Crippen molar-refractivity contribution in [2.24, 2.45) is 0 Å². The zero-order chi connectivity index (χ0) is 17.1. The van der Waals surface area contributed by atoms with Crippen molar-refractivity contribution in [3.8, 4) is 0 Å². The molecule has 0 aliphatic rings. The van der Waals surface area contributed by atoms with Gasteiger partial charge in [-0.05, 0) is 30.5 Å². The lowest BCUT2D eigenvalue weighted by molar-refractivity contribution is -0.132. The molecule has 0 aliphatic carbocycles. The zero-order valence-corrected chi connectivity index (χ0v) is 14.3. The second-order valence-corrected chi connectivity index (χ2v) is 5.52. The minimum atomic E-state index is -0.00617. The van der Waals surface area contributed by atoms with Crippen LogP contribution in [-0.4, -0.2) is 67.0 Å². The number of hydrogen-bond donors (Lipinski definition) is 0. The number of ether oxygens (including phenoxy) is 1. The average Bonchev–Trinajstić information content (AvgIpc) is 2.56. The van der Waals surface area contributed by atoms with Crippen LogP contribution in [0.2, 0.25) is 0 Å². The summed E-state index contributed by atoms with van der Waals surface area (Å²) in [5.74, 6) is 0.0467. The Kier molecular flexibility index (Phi) is 8.90. The summed E-state index contributed by atoms with van der Waals surface area (Å²) in [5, 5.41) is 0. The molecule has 0 unspecified atom stereocenters. The summed E-state index contributed by atoms with van der Waals surface area (Å²) < 4.78 is 4.99. The maximum atomic E-state index is 12.2. The summed E-state index contributed by atoms with van der Waals surface area (Å²) in [4.78, 5) is 31.2. The summed E-state index contributed by atoms with van der Waals surface area (Å²) in [5.41, 5.74) is 1.16. The van der Waals surface area contributed by atoms with Gasteiger partial charge in [-0.3, -0.25) is 14.6 Å². The molecule has 1 aromatic heterocycles. The molecular formula is C17H27N3O3. The fraction of sp³-hybridized carbons (Fsp3) is 0.588. The second-order valence-electron chi connectivity index (χ2n) is 5.52. The van der Waals surface area contributed by atoms with E-state index < -0.39 is 0 Å². The van der Waals surface area contributed by atoms with Crippen molar-refractivity contribution < 1.29 is 14.3 Å². The molecule has 0 aliphatic heterocycles. The molecule has 128 valence electrons. The molecule has 0 saturated carbocycles. The van der Waals surface area contributed by atoms with Gasteiger partial charge in [0.25, 0.3) is 0 Å². The van der Waals surface area contributed by atoms with Gasteiger partial charge in [-0.2, -0.15) is 0 Å². The quantitative estimate of drug-likeness (QED) is 0.610. The van der Waals surface area contributed by atoms with E-state index in [0.717, 1.165) is 18.4 Å². The zero-order valence-electron chi connectivity index (χ0n) is 14.3. The highest BCUT2D eigenvalue weighted by Crippen LogP contribution is 2.02. The van der Waals surface area contributed by atoms with E-state index in [0.29, 0.717) is 32.7 Å². The maximum Gasteiger partial charge on any atom is 0.224 e. The minimum absolute atomic E-state index is 0.00617. The Hall–Kier alpha value is -1.95. The molecule has 2 amide bonds. The van der Waals surface area contributed by atoms with E-state index >= 15 is 0 Å². The predicted octanol–water partition coefficient (Wildman–Crippen LogP) is 1.36. The molecule has 1 aromatic rings. The van der Waals surface area contributed by atoms with Gasteiger partial charge >= 0.3 is 0 Å². The summed E-state index contributed by atoms with van der Waals surface area (Å²) in [6.07, 6.45) is 5.43. The number of carbonyl (C=O) groups excluding carboxylic acids is 2. The summed E-state index contributed by atoms with van der Waals surface area (Å²) in [6.45, 7) is 3.88. The van der Waals surface area contributed by atoms with Crippen LogP contribution in [0.5, 0.6) is 0 Å². The van der Waals surface area contributed by atoms with E-state index in [4.69, 9.17) is 4.74 Å². The molecular weight excluding hydrogens is 294 g/mol. The molecule has 6 heteroatoms. The van der Waals surface area contributed by atoms with Crippen molar-refractivity contribution in [1.29, 1.82) is 0 Å². The highest BCUT2D eigenvalue weighted by molar-refractivity contribution is 5.78. The van der Waals surface area contributed by atoms with Crippen LogP contribution in [0.4, 0.5) is 0 Å². The SMILES string of the molecule is COCCCN(CCC(=O)N(C)CCc1ccncc1)C(C)=O. The smallest absolute Gasteiger partial charge is 0.224 e. The first-order valence-corrected chi connectivity index (χ1v) is 7.92. The second kappa shape index (κ2) is 10.7. The summed E-state index contributed by atoms with van der Waals surface area (Å²) in [6, 6.07) is 3.90. The molecule has 0 saturated heterocycles. The number of likely N-dealkylation sites (N-methyl/N-ethyl adjacent to an activating group) is 1. The third kappa shape index (κ3) is 7.74. The number of rotatable bonds is 10. The van der Waals surface area contributed by atoms with E-state index in [2.05, 4.69) is 4.98 Å². The largest absolute Gasteiger partial charge is 0.385 e. The van der Waals surface area contributed by atoms with Crippen molar-refractivity contribution >= 4 is 11.8 Å². The Bertz CT molecular complexity index is 479. The number of carbonyl (C=O) groups is 2. The molecule has 6 nitrogen and oxygen atoms in total. The molecule has 0 atom stereocenters. The van der Waals surface area contributed by atoms with Crippen LogP contribution in [0, 0.1) is 0 Å². The maximum absolute atomic E-state index is 12.2. The first-order chi connectivity index (χ1) is 11.0. The van der Waals surface area contributed by atoms with E-state index in [1.165, 1.54) is 6.92 Å². The van der Waals surface area contributed by atoms with Crippen LogP contribution < -0.4 is 0 Å². The molecule has 0 radical (unpaired) electrons. The van der Waals surface area contributed by atoms with Crippen LogP contribution in [0.25, 0.3) is 0 Å². The lowest BCUT2D eigenvalue weighted by Crippen LogP contribution is -2.36. The third-order valence-electron chi connectivity index (χ3n) is 3.73. The van der Waals surface area contributed by atoms with Gasteiger partial charge < -0.3 is 14.5 Å². The Morgan fingerprint density at radius 1 is 1.17 bits per heavy atom. The Labute approximate surface area is 138 Å². The topological polar surface area (TPSA) is 62.7 Å². The van der Waals surface area contributed by atoms with Gasteiger partial charge in [0.1, 0.15) is 0 Å². The number of hydrogen-bond acceptors (Lipinski definition) is 4. The van der Waals surface area contributed by atoms with Crippen LogP contribution in [0.1, 0.15) is 25.3 Å². The van der Waals surface area contributed by atoms with Gasteiger partial charge in [0.15, 0.2) is 0 Å². The van der Waals surface area contributed by atoms with Crippen molar-refractivity contribution in [2.45, 2.75) is 26.2 Å². The fourth-order valence-electron chi connectivity index (χ4n) is 2.22. The van der Waals surface area contributed by atoms with Crippen LogP contribution in [0.3, 0.4) is 0 Å². The first-order valence-electron chi connectivity index (χ1n) is 7.92. The fourth-order valence-corrected chi connectivity index (χ4v) is 2.22. The monoisotopic (exact) mass is 321 g/mol.